The minimum atomic E-state index is -0.706. The molecule has 0 aliphatic carbocycles. The van der Waals surface area contributed by atoms with Gasteiger partial charge in [0.25, 0.3) is 11.9 Å². The van der Waals surface area contributed by atoms with E-state index in [-0.39, 0.29) is 19.1 Å². The van der Waals surface area contributed by atoms with Crippen molar-refractivity contribution in [2.24, 2.45) is 0 Å². The number of rotatable bonds is 8. The van der Waals surface area contributed by atoms with E-state index >= 15 is 0 Å². The molecule has 1 saturated heterocycles. The Morgan fingerprint density at radius 3 is 2.23 bits per heavy atom. The second-order valence-corrected chi connectivity index (χ2v) is 7.95. The molecule has 2 amide bonds. The lowest BCUT2D eigenvalue weighted by Crippen LogP contribution is -2.68. The van der Waals surface area contributed by atoms with Gasteiger partial charge in [0.1, 0.15) is 12.6 Å². The summed E-state index contributed by atoms with van der Waals surface area (Å²) in [6, 6.07) is 27.8. The van der Waals surface area contributed by atoms with Crippen molar-refractivity contribution in [1.82, 2.24) is 30.5 Å². The number of ether oxygens (including phenoxy) is 1. The van der Waals surface area contributed by atoms with Crippen molar-refractivity contribution in [1.29, 1.82) is 0 Å². The minimum absolute atomic E-state index is 0.127. The van der Waals surface area contributed by atoms with Gasteiger partial charge >= 0.3 is 6.09 Å². The predicted molar refractivity (Wildman–Crippen MR) is 127 cm³/mol. The Bertz CT molecular complexity index is 1280. The van der Waals surface area contributed by atoms with Crippen LogP contribution in [0, 0.1) is 0 Å². The van der Waals surface area contributed by atoms with E-state index in [4.69, 9.17) is 4.74 Å². The minimum Gasteiger partial charge on any atom is -0.445 e. The van der Waals surface area contributed by atoms with Crippen molar-refractivity contribution in [2.75, 3.05) is 11.6 Å². The molecule has 0 bridgehead atoms. The van der Waals surface area contributed by atoms with E-state index in [9.17, 15) is 9.59 Å². The van der Waals surface area contributed by atoms with Crippen LogP contribution in [0.25, 0.3) is 0 Å². The summed E-state index contributed by atoms with van der Waals surface area (Å²) in [7, 11) is 0. The van der Waals surface area contributed by atoms with Crippen LogP contribution in [0.1, 0.15) is 11.1 Å². The van der Waals surface area contributed by atoms with E-state index in [0.29, 0.717) is 12.5 Å². The topological polar surface area (TPSA) is 105 Å². The molecule has 3 aromatic carbocycles. The van der Waals surface area contributed by atoms with E-state index in [2.05, 4.69) is 20.8 Å². The van der Waals surface area contributed by atoms with E-state index in [1.54, 1.807) is 9.69 Å². The Morgan fingerprint density at radius 1 is 0.943 bits per heavy atom. The Hall–Kier alpha value is -4.73. The molecule has 2 heterocycles. The number of amides is 2. The molecule has 0 unspecified atom stereocenters. The molecule has 10 heteroatoms. The molecule has 1 atom stereocenters. The van der Waals surface area contributed by atoms with Crippen LogP contribution in [0.15, 0.2) is 91.0 Å². The number of aromatic nitrogens is 4. The van der Waals surface area contributed by atoms with E-state index < -0.39 is 12.1 Å². The van der Waals surface area contributed by atoms with Gasteiger partial charge in [0.05, 0.1) is 18.8 Å². The fourth-order valence-electron chi connectivity index (χ4n) is 3.75. The Balaban J connectivity index is 1.30. The third kappa shape index (κ3) is 4.96. The van der Waals surface area contributed by atoms with Crippen molar-refractivity contribution >= 4 is 23.6 Å². The molecule has 1 aromatic heterocycles. The van der Waals surface area contributed by atoms with Gasteiger partial charge < -0.3 is 10.1 Å². The van der Waals surface area contributed by atoms with Gasteiger partial charge in [-0.2, -0.15) is 0 Å². The SMILES string of the molecule is O=C(N[C@H]1CN(N(c2ccccc2)c2nnnn2Cc2ccccc2)C1=O)OCc1ccccc1. The van der Waals surface area contributed by atoms with E-state index in [1.807, 2.05) is 91.0 Å². The van der Waals surface area contributed by atoms with Gasteiger partial charge in [-0.25, -0.2) is 19.5 Å². The first-order valence-corrected chi connectivity index (χ1v) is 11.1. The molecule has 1 N–H and O–H groups in total. The molecular formula is C25H23N7O3. The molecule has 1 aliphatic rings. The lowest BCUT2D eigenvalue weighted by molar-refractivity contribution is -0.143. The zero-order valence-electron chi connectivity index (χ0n) is 18.8. The first-order valence-electron chi connectivity index (χ1n) is 11.1. The molecule has 0 spiro atoms. The average Bonchev–Trinajstić information content (AvgIpc) is 3.36. The fourth-order valence-corrected chi connectivity index (χ4v) is 3.75. The summed E-state index contributed by atoms with van der Waals surface area (Å²) >= 11 is 0. The highest BCUT2D eigenvalue weighted by molar-refractivity contribution is 5.93. The molecule has 176 valence electrons. The van der Waals surface area contributed by atoms with Crippen molar-refractivity contribution < 1.29 is 14.3 Å². The molecule has 4 aromatic rings. The monoisotopic (exact) mass is 469 g/mol. The summed E-state index contributed by atoms with van der Waals surface area (Å²) in [6.07, 6.45) is -0.646. The Kier molecular flexibility index (Phi) is 6.33. The van der Waals surface area contributed by atoms with Gasteiger partial charge in [-0.3, -0.25) is 4.79 Å². The van der Waals surface area contributed by atoms with Crippen LogP contribution in [0.3, 0.4) is 0 Å². The normalized spacial score (nSPS) is 14.8. The van der Waals surface area contributed by atoms with Crippen LogP contribution in [0.5, 0.6) is 0 Å². The van der Waals surface area contributed by atoms with Gasteiger partial charge in [-0.15, -0.1) is 0 Å². The van der Waals surface area contributed by atoms with Crippen LogP contribution in [-0.4, -0.2) is 49.8 Å². The molecule has 35 heavy (non-hydrogen) atoms. The Labute approximate surface area is 201 Å². The van der Waals surface area contributed by atoms with Gasteiger partial charge in [0.15, 0.2) is 0 Å². The number of carbonyl (C=O) groups excluding carboxylic acids is 2. The summed E-state index contributed by atoms with van der Waals surface area (Å²) in [5.41, 5.74) is 2.60. The van der Waals surface area contributed by atoms with Crippen LogP contribution in [0.4, 0.5) is 16.4 Å². The molecule has 1 fully saturated rings. The first-order chi connectivity index (χ1) is 17.2. The van der Waals surface area contributed by atoms with Gasteiger partial charge in [0.2, 0.25) is 0 Å². The number of para-hydroxylation sites is 1. The number of nitrogens with zero attached hydrogens (tertiary/aromatic N) is 6. The Morgan fingerprint density at radius 2 is 1.57 bits per heavy atom. The third-order valence-corrected chi connectivity index (χ3v) is 5.53. The smallest absolute Gasteiger partial charge is 0.408 e. The molecule has 10 nitrogen and oxygen atoms in total. The van der Waals surface area contributed by atoms with E-state index in [1.165, 1.54) is 5.01 Å². The summed E-state index contributed by atoms with van der Waals surface area (Å²) in [4.78, 5) is 25.3. The highest BCUT2D eigenvalue weighted by Crippen LogP contribution is 2.29. The second kappa shape index (κ2) is 10.0. The maximum Gasteiger partial charge on any atom is 0.408 e. The van der Waals surface area contributed by atoms with Crippen molar-refractivity contribution in [3.8, 4) is 0 Å². The molecule has 0 saturated carbocycles. The van der Waals surface area contributed by atoms with Crippen LogP contribution >= 0.6 is 0 Å². The van der Waals surface area contributed by atoms with Crippen LogP contribution in [0.2, 0.25) is 0 Å². The summed E-state index contributed by atoms with van der Waals surface area (Å²) in [6.45, 7) is 0.802. The van der Waals surface area contributed by atoms with Crippen LogP contribution < -0.4 is 10.3 Å². The zero-order chi connectivity index (χ0) is 24.0. The highest BCUT2D eigenvalue weighted by atomic mass is 16.5. The number of β-lactam (4-membered cyclic amide) rings is 1. The molecule has 0 radical (unpaired) electrons. The maximum atomic E-state index is 13.1. The highest BCUT2D eigenvalue weighted by Gasteiger charge is 2.44. The van der Waals surface area contributed by atoms with E-state index in [0.717, 1.165) is 16.8 Å². The summed E-state index contributed by atoms with van der Waals surface area (Å²) < 4.78 is 6.88. The zero-order valence-corrected chi connectivity index (χ0v) is 18.8. The van der Waals surface area contributed by atoms with Gasteiger partial charge in [0, 0.05) is 0 Å². The van der Waals surface area contributed by atoms with Gasteiger partial charge in [-0.1, -0.05) is 84.0 Å². The second-order valence-electron chi connectivity index (χ2n) is 7.95. The van der Waals surface area contributed by atoms with Crippen LogP contribution in [-0.2, 0) is 22.7 Å². The number of hydrogen-bond acceptors (Lipinski definition) is 7. The fraction of sp³-hybridized carbons (Fsp3) is 0.160. The lowest BCUT2D eigenvalue weighted by Gasteiger charge is -2.44. The quantitative estimate of drug-likeness (QED) is 0.396. The maximum absolute atomic E-state index is 13.1. The molecular weight excluding hydrogens is 446 g/mol. The van der Waals surface area contributed by atoms with Crippen molar-refractivity contribution in [3.05, 3.63) is 102 Å². The number of tetrazole rings is 1. The third-order valence-electron chi connectivity index (χ3n) is 5.53. The number of hydrogen-bond donors (Lipinski definition) is 1. The predicted octanol–water partition coefficient (Wildman–Crippen LogP) is 2.91. The van der Waals surface area contributed by atoms with Crippen molar-refractivity contribution in [3.63, 3.8) is 0 Å². The number of alkyl carbamates (subject to hydrolysis) is 1. The number of benzene rings is 3. The molecule has 1 aliphatic heterocycles. The number of hydrazine groups is 1. The first kappa shape index (κ1) is 22.1. The summed E-state index contributed by atoms with van der Waals surface area (Å²) in [5.74, 6) is 0.0956. The standard InChI is InChI=1S/C25H23N7O3/c33-23-22(26-25(34)35-18-20-12-6-2-7-13-20)17-31(23)32(21-14-8-3-9-15-21)24-27-28-29-30(24)16-19-10-4-1-5-11-19/h1-15,22H,16-18H2,(H,26,34)/t22-/m0/s1. The number of carbonyl (C=O) groups is 2. The molecule has 5 rings (SSSR count). The van der Waals surface area contributed by atoms with Gasteiger partial charge in [-0.05, 0) is 33.7 Å². The lowest BCUT2D eigenvalue weighted by atomic mass is 10.1. The largest absolute Gasteiger partial charge is 0.445 e. The summed E-state index contributed by atoms with van der Waals surface area (Å²) in [5, 5.41) is 18.0. The number of nitrogens with one attached hydrogen (secondary N) is 1. The number of anilines is 2. The van der Waals surface area contributed by atoms with Crippen molar-refractivity contribution in [2.45, 2.75) is 19.2 Å². The average molecular weight is 470 g/mol.